The Bertz CT molecular complexity index is 870. The van der Waals surface area contributed by atoms with Crippen LogP contribution in [0.25, 0.3) is 0 Å². The van der Waals surface area contributed by atoms with Gasteiger partial charge >= 0.3 is 6.18 Å². The monoisotopic (exact) mass is 436 g/mol. The number of anilines is 1. The Balaban J connectivity index is 1.91. The van der Waals surface area contributed by atoms with Crippen molar-refractivity contribution in [2.24, 2.45) is 5.92 Å². The zero-order valence-corrected chi connectivity index (χ0v) is 16.7. The summed E-state index contributed by atoms with van der Waals surface area (Å²) in [6, 6.07) is 3.45. The highest BCUT2D eigenvalue weighted by atomic mass is 32.2. The van der Waals surface area contributed by atoms with E-state index in [1.165, 1.54) is 21.3 Å². The van der Waals surface area contributed by atoms with E-state index in [2.05, 4.69) is 0 Å². The number of benzene rings is 1. The van der Waals surface area contributed by atoms with Crippen LogP contribution in [0.1, 0.15) is 12.8 Å². The van der Waals surface area contributed by atoms with E-state index in [4.69, 9.17) is 0 Å². The third kappa shape index (κ3) is 4.64. The zero-order valence-electron chi connectivity index (χ0n) is 15.9. The van der Waals surface area contributed by atoms with Gasteiger partial charge in [-0.05, 0) is 32.0 Å². The van der Waals surface area contributed by atoms with Gasteiger partial charge < -0.3 is 9.80 Å². The normalized spacial score (nSPS) is 22.6. The highest BCUT2D eigenvalue weighted by molar-refractivity contribution is 7.89. The van der Waals surface area contributed by atoms with Crippen LogP contribution in [-0.2, 0) is 10.0 Å². The summed E-state index contributed by atoms with van der Waals surface area (Å²) < 4.78 is 66.3. The molecule has 8 nitrogen and oxygen atoms in total. The van der Waals surface area contributed by atoms with Crippen LogP contribution in [0.5, 0.6) is 0 Å². The number of nitro groups is 1. The molecule has 0 aromatic heterocycles. The molecule has 3 rings (SSSR count). The van der Waals surface area contributed by atoms with Crippen LogP contribution in [-0.4, -0.2) is 75.0 Å². The fourth-order valence-corrected chi connectivity index (χ4v) is 5.16. The van der Waals surface area contributed by atoms with Gasteiger partial charge in [-0.1, -0.05) is 0 Å². The Kier molecular flexibility index (Phi) is 6.06. The van der Waals surface area contributed by atoms with E-state index in [1.54, 1.807) is 0 Å². The first kappa shape index (κ1) is 21.8. The first-order valence-corrected chi connectivity index (χ1v) is 10.7. The van der Waals surface area contributed by atoms with Crippen LogP contribution in [0.4, 0.5) is 24.5 Å². The highest BCUT2D eigenvalue weighted by Crippen LogP contribution is 2.38. The maximum Gasteiger partial charge on any atom is 0.393 e. The summed E-state index contributed by atoms with van der Waals surface area (Å²) in [6.45, 7) is 1.51. The number of sulfonamides is 1. The summed E-state index contributed by atoms with van der Waals surface area (Å²) in [4.78, 5) is 13.9. The van der Waals surface area contributed by atoms with Crippen LogP contribution in [0.2, 0.25) is 0 Å². The average Bonchev–Trinajstić information content (AvgIpc) is 2.67. The lowest BCUT2D eigenvalue weighted by molar-refractivity contribution is -0.384. The van der Waals surface area contributed by atoms with Gasteiger partial charge in [-0.2, -0.15) is 17.5 Å². The summed E-state index contributed by atoms with van der Waals surface area (Å²) in [5.74, 6) is -1.57. The predicted molar refractivity (Wildman–Crippen MR) is 100 cm³/mol. The molecule has 0 aliphatic carbocycles. The van der Waals surface area contributed by atoms with Crippen LogP contribution in [0, 0.1) is 16.0 Å². The Morgan fingerprint density at radius 3 is 2.38 bits per heavy atom. The molecule has 0 N–H and O–H groups in total. The van der Waals surface area contributed by atoms with Gasteiger partial charge in [0.15, 0.2) is 0 Å². The molecule has 1 aromatic rings. The van der Waals surface area contributed by atoms with Crippen LogP contribution >= 0.6 is 0 Å². The fraction of sp³-hybridized carbons (Fsp3) is 0.647. The summed E-state index contributed by atoms with van der Waals surface area (Å²) in [6.07, 6.45) is -4.15. The molecule has 0 spiro atoms. The molecule has 1 atom stereocenters. The van der Waals surface area contributed by atoms with Gasteiger partial charge in [-0.15, -0.1) is 0 Å². The topological polar surface area (TPSA) is 87.0 Å². The predicted octanol–water partition coefficient (Wildman–Crippen LogP) is 2.31. The molecule has 2 aliphatic heterocycles. The van der Waals surface area contributed by atoms with E-state index in [-0.39, 0.29) is 49.6 Å². The summed E-state index contributed by atoms with van der Waals surface area (Å²) in [7, 11) is -2.05. The molecule has 0 bridgehead atoms. The molecule has 12 heteroatoms. The standard InChI is InChI=1S/C17H23F3N4O4S/c1-21-7-9-23(10-8-21)29(27,28)14-4-5-15(16(11-14)24(25)26)22-6-2-3-13(12-22)17(18,19)20/h4-5,11,13H,2-3,6-10,12H2,1H3/t13-/m0/s1. The Hall–Kier alpha value is -1.92. The maximum atomic E-state index is 13.1. The first-order valence-electron chi connectivity index (χ1n) is 9.29. The smallest absolute Gasteiger partial charge is 0.365 e. The van der Waals surface area contributed by atoms with Crippen molar-refractivity contribution in [3.8, 4) is 0 Å². The van der Waals surface area contributed by atoms with Gasteiger partial charge in [0.25, 0.3) is 5.69 Å². The number of hydrogen-bond acceptors (Lipinski definition) is 6. The SMILES string of the molecule is CN1CCN(S(=O)(=O)c2ccc(N3CCC[C@H](C(F)(F)F)C3)c([N+](=O)[O-])c2)CC1. The Morgan fingerprint density at radius 1 is 1.14 bits per heavy atom. The van der Waals surface area contributed by atoms with Crippen molar-refractivity contribution in [3.63, 3.8) is 0 Å². The van der Waals surface area contributed by atoms with Crippen molar-refractivity contribution in [2.75, 3.05) is 51.2 Å². The van der Waals surface area contributed by atoms with Crippen molar-refractivity contribution < 1.29 is 26.5 Å². The van der Waals surface area contributed by atoms with Gasteiger partial charge in [-0.3, -0.25) is 10.1 Å². The summed E-state index contributed by atoms with van der Waals surface area (Å²) in [5, 5.41) is 11.6. The van der Waals surface area contributed by atoms with Crippen LogP contribution in [0.3, 0.4) is 0 Å². The first-order chi connectivity index (χ1) is 13.5. The second kappa shape index (κ2) is 8.07. The van der Waals surface area contributed by atoms with E-state index in [0.29, 0.717) is 13.1 Å². The third-order valence-electron chi connectivity index (χ3n) is 5.47. The molecule has 2 saturated heterocycles. The molecule has 162 valence electrons. The second-order valence-corrected chi connectivity index (χ2v) is 9.38. The average molecular weight is 436 g/mol. The minimum atomic E-state index is -4.38. The molecule has 0 saturated carbocycles. The van der Waals surface area contributed by atoms with Crippen molar-refractivity contribution in [3.05, 3.63) is 28.3 Å². The number of piperidine rings is 1. The van der Waals surface area contributed by atoms with E-state index >= 15 is 0 Å². The van der Waals surface area contributed by atoms with Crippen molar-refractivity contribution in [2.45, 2.75) is 23.9 Å². The van der Waals surface area contributed by atoms with Crippen LogP contribution < -0.4 is 4.90 Å². The minimum absolute atomic E-state index is 0.0151. The van der Waals surface area contributed by atoms with Crippen molar-refractivity contribution in [1.29, 1.82) is 0 Å². The number of piperazine rings is 1. The van der Waals surface area contributed by atoms with Crippen LogP contribution in [0.15, 0.2) is 23.1 Å². The highest BCUT2D eigenvalue weighted by Gasteiger charge is 2.42. The molecule has 2 aliphatic rings. The number of hydrogen-bond donors (Lipinski definition) is 0. The van der Waals surface area contributed by atoms with E-state index in [0.717, 1.165) is 6.07 Å². The van der Waals surface area contributed by atoms with E-state index in [1.807, 2.05) is 11.9 Å². The molecular formula is C17H23F3N4O4S. The molecule has 0 amide bonds. The Morgan fingerprint density at radius 2 is 1.79 bits per heavy atom. The maximum absolute atomic E-state index is 13.1. The van der Waals surface area contributed by atoms with Crippen molar-refractivity contribution >= 4 is 21.4 Å². The Labute approximate surface area is 167 Å². The van der Waals surface area contributed by atoms with Gasteiger partial charge in [-0.25, -0.2) is 8.42 Å². The molecule has 0 unspecified atom stereocenters. The zero-order chi connectivity index (χ0) is 21.4. The number of likely N-dealkylation sites (N-methyl/N-ethyl adjacent to an activating group) is 1. The van der Waals surface area contributed by atoms with Crippen molar-refractivity contribution in [1.82, 2.24) is 9.21 Å². The molecule has 29 heavy (non-hydrogen) atoms. The lowest BCUT2D eigenvalue weighted by Gasteiger charge is -2.35. The van der Waals surface area contributed by atoms with E-state index in [9.17, 15) is 31.7 Å². The van der Waals surface area contributed by atoms with Gasteiger partial charge in [0, 0.05) is 45.3 Å². The number of rotatable bonds is 4. The van der Waals surface area contributed by atoms with Gasteiger partial charge in [0.05, 0.1) is 15.7 Å². The minimum Gasteiger partial charge on any atom is -0.365 e. The van der Waals surface area contributed by atoms with Gasteiger partial charge in [0.2, 0.25) is 10.0 Å². The van der Waals surface area contributed by atoms with E-state index < -0.39 is 32.7 Å². The van der Waals surface area contributed by atoms with Gasteiger partial charge in [0.1, 0.15) is 5.69 Å². The number of halogens is 3. The molecular weight excluding hydrogens is 413 g/mol. The second-order valence-electron chi connectivity index (χ2n) is 7.44. The quantitative estimate of drug-likeness (QED) is 0.532. The lowest BCUT2D eigenvalue weighted by atomic mass is 9.97. The largest absolute Gasteiger partial charge is 0.393 e. The summed E-state index contributed by atoms with van der Waals surface area (Å²) >= 11 is 0. The third-order valence-corrected chi connectivity index (χ3v) is 7.36. The molecule has 2 heterocycles. The molecule has 2 fully saturated rings. The molecule has 0 radical (unpaired) electrons. The fourth-order valence-electron chi connectivity index (χ4n) is 3.72. The number of nitro benzene ring substituents is 1. The molecule has 1 aromatic carbocycles. The number of nitrogens with zero attached hydrogens (tertiary/aromatic N) is 4. The lowest BCUT2D eigenvalue weighted by Crippen LogP contribution is -2.47. The summed E-state index contributed by atoms with van der Waals surface area (Å²) in [5.41, 5.74) is -0.482. The number of alkyl halides is 3.